The highest BCUT2D eigenvalue weighted by Gasteiger charge is 2.34. The zero-order valence-corrected chi connectivity index (χ0v) is 11.4. The molecule has 2 aromatic carbocycles. The van der Waals surface area contributed by atoms with Crippen LogP contribution < -0.4 is 10.4 Å². The quantitative estimate of drug-likeness (QED) is 0.789. The van der Waals surface area contributed by atoms with Gasteiger partial charge < -0.3 is 9.72 Å². The van der Waals surface area contributed by atoms with Crippen LogP contribution in [-0.2, 0) is 6.18 Å². The van der Waals surface area contributed by atoms with Crippen molar-refractivity contribution in [2.75, 3.05) is 7.11 Å². The summed E-state index contributed by atoms with van der Waals surface area (Å²) in [5.41, 5.74) is -1.28. The Hall–Kier alpha value is -2.70. The van der Waals surface area contributed by atoms with Crippen LogP contribution in [0.25, 0.3) is 16.7 Å². The molecular formula is C15H11F3N2O2. The molecular weight excluding hydrogens is 297 g/mol. The first-order chi connectivity index (χ1) is 10.4. The van der Waals surface area contributed by atoms with Crippen LogP contribution in [0.3, 0.4) is 0 Å². The summed E-state index contributed by atoms with van der Waals surface area (Å²) in [6.45, 7) is 0. The molecule has 0 aliphatic heterocycles. The summed E-state index contributed by atoms with van der Waals surface area (Å²) in [5, 5.41) is 0. The summed E-state index contributed by atoms with van der Waals surface area (Å²) >= 11 is 0. The van der Waals surface area contributed by atoms with Gasteiger partial charge in [-0.2, -0.15) is 13.2 Å². The molecule has 0 spiro atoms. The molecule has 0 amide bonds. The normalized spacial score (nSPS) is 11.8. The number of hydrogen-bond donors (Lipinski definition) is 1. The Labute approximate surface area is 122 Å². The highest BCUT2D eigenvalue weighted by atomic mass is 19.4. The molecule has 0 aliphatic carbocycles. The van der Waals surface area contributed by atoms with Crippen molar-refractivity contribution in [3.8, 4) is 11.4 Å². The van der Waals surface area contributed by atoms with Crippen molar-refractivity contribution >= 4 is 11.0 Å². The Morgan fingerprint density at radius 1 is 1.14 bits per heavy atom. The predicted molar refractivity (Wildman–Crippen MR) is 75.4 cm³/mol. The lowest BCUT2D eigenvalue weighted by molar-refractivity contribution is -0.136. The van der Waals surface area contributed by atoms with Gasteiger partial charge in [-0.3, -0.25) is 4.57 Å². The molecule has 1 aromatic heterocycles. The van der Waals surface area contributed by atoms with Crippen LogP contribution in [0.15, 0.2) is 47.3 Å². The molecule has 0 saturated carbocycles. The Morgan fingerprint density at radius 2 is 1.86 bits per heavy atom. The van der Waals surface area contributed by atoms with E-state index in [1.165, 1.54) is 25.3 Å². The second-order valence-electron chi connectivity index (χ2n) is 4.67. The molecule has 0 aliphatic rings. The highest BCUT2D eigenvalue weighted by molar-refractivity contribution is 5.81. The fraction of sp³-hybridized carbons (Fsp3) is 0.133. The van der Waals surface area contributed by atoms with Crippen molar-refractivity contribution in [3.63, 3.8) is 0 Å². The Bertz CT molecular complexity index is 894. The fourth-order valence-electron chi connectivity index (χ4n) is 2.38. The number of aromatic amines is 1. The molecule has 0 radical (unpaired) electrons. The van der Waals surface area contributed by atoms with Crippen molar-refractivity contribution < 1.29 is 17.9 Å². The van der Waals surface area contributed by atoms with E-state index >= 15 is 0 Å². The van der Waals surface area contributed by atoms with Gasteiger partial charge in [-0.25, -0.2) is 4.79 Å². The number of alkyl halides is 3. The maximum Gasteiger partial charge on any atom is 0.418 e. The SMILES string of the molecule is COc1cccc(-n2c(=O)[nH]c3cccc(C(F)(F)F)c32)c1. The van der Waals surface area contributed by atoms with Crippen LogP contribution in [0, 0.1) is 0 Å². The van der Waals surface area contributed by atoms with Gasteiger partial charge in [0.05, 0.1) is 29.4 Å². The molecule has 1 N–H and O–H groups in total. The number of rotatable bonds is 2. The average Bonchev–Trinajstić information content (AvgIpc) is 2.81. The van der Waals surface area contributed by atoms with Gasteiger partial charge in [0.15, 0.2) is 0 Å². The van der Waals surface area contributed by atoms with E-state index in [0.717, 1.165) is 10.6 Å². The summed E-state index contributed by atoms with van der Waals surface area (Å²) in [6.07, 6.45) is -4.56. The molecule has 1 heterocycles. The summed E-state index contributed by atoms with van der Waals surface area (Å²) < 4.78 is 45.7. The number of imidazole rings is 1. The minimum atomic E-state index is -4.56. The second-order valence-corrected chi connectivity index (χ2v) is 4.67. The molecule has 0 saturated heterocycles. The van der Waals surface area contributed by atoms with E-state index in [9.17, 15) is 18.0 Å². The molecule has 0 unspecified atom stereocenters. The van der Waals surface area contributed by atoms with Crippen molar-refractivity contribution in [2.24, 2.45) is 0 Å². The van der Waals surface area contributed by atoms with Gasteiger partial charge in [-0.15, -0.1) is 0 Å². The Morgan fingerprint density at radius 3 is 2.55 bits per heavy atom. The first kappa shape index (κ1) is 14.2. The lowest BCUT2D eigenvalue weighted by Crippen LogP contribution is -2.16. The maximum atomic E-state index is 13.2. The average molecular weight is 308 g/mol. The maximum absolute atomic E-state index is 13.2. The lowest BCUT2D eigenvalue weighted by Gasteiger charge is -2.11. The third-order valence-corrected chi connectivity index (χ3v) is 3.32. The molecule has 3 rings (SSSR count). The number of aromatic nitrogens is 2. The van der Waals surface area contributed by atoms with Gasteiger partial charge >= 0.3 is 11.9 Å². The van der Waals surface area contributed by atoms with E-state index in [1.807, 2.05) is 0 Å². The van der Waals surface area contributed by atoms with Gasteiger partial charge in [0.1, 0.15) is 5.75 Å². The second kappa shape index (κ2) is 4.94. The lowest BCUT2D eigenvalue weighted by atomic mass is 10.1. The van der Waals surface area contributed by atoms with Crippen LogP contribution in [0.5, 0.6) is 5.75 Å². The summed E-state index contributed by atoms with van der Waals surface area (Å²) in [4.78, 5) is 14.6. The van der Waals surface area contributed by atoms with Crippen LogP contribution >= 0.6 is 0 Å². The molecule has 4 nitrogen and oxygen atoms in total. The summed E-state index contributed by atoms with van der Waals surface area (Å²) in [6, 6.07) is 9.95. The Kier molecular flexibility index (Phi) is 3.20. The number of ether oxygens (including phenoxy) is 1. The number of methoxy groups -OCH3 is 1. The minimum Gasteiger partial charge on any atom is -0.497 e. The number of H-pyrrole nitrogens is 1. The van der Waals surface area contributed by atoms with Crippen LogP contribution in [0.1, 0.15) is 5.56 Å². The molecule has 0 bridgehead atoms. The van der Waals surface area contributed by atoms with Gasteiger partial charge in [-0.05, 0) is 24.3 Å². The summed E-state index contributed by atoms with van der Waals surface area (Å²) in [5.74, 6) is 0.447. The van der Waals surface area contributed by atoms with E-state index in [1.54, 1.807) is 18.2 Å². The predicted octanol–water partition coefficient (Wildman–Crippen LogP) is 3.35. The Balaban J connectivity index is 2.38. The molecule has 0 atom stereocenters. The molecule has 114 valence electrons. The number of benzene rings is 2. The number of fused-ring (bicyclic) bond motifs is 1. The molecule has 3 aromatic rings. The van der Waals surface area contributed by atoms with Gasteiger partial charge in [0.25, 0.3) is 0 Å². The number of para-hydroxylation sites is 1. The van der Waals surface area contributed by atoms with E-state index in [0.29, 0.717) is 11.4 Å². The van der Waals surface area contributed by atoms with Gasteiger partial charge in [-0.1, -0.05) is 12.1 Å². The topological polar surface area (TPSA) is 47.0 Å². The number of nitrogens with zero attached hydrogens (tertiary/aromatic N) is 1. The third-order valence-electron chi connectivity index (χ3n) is 3.32. The van der Waals surface area contributed by atoms with E-state index in [-0.39, 0.29) is 11.0 Å². The number of halogens is 3. The van der Waals surface area contributed by atoms with Gasteiger partial charge in [0, 0.05) is 6.07 Å². The van der Waals surface area contributed by atoms with Crippen LogP contribution in [0.2, 0.25) is 0 Å². The van der Waals surface area contributed by atoms with E-state index in [2.05, 4.69) is 4.98 Å². The number of hydrogen-bond acceptors (Lipinski definition) is 2. The number of nitrogens with one attached hydrogen (secondary N) is 1. The van der Waals surface area contributed by atoms with Crippen molar-refractivity contribution in [1.29, 1.82) is 0 Å². The highest BCUT2D eigenvalue weighted by Crippen LogP contribution is 2.34. The summed E-state index contributed by atoms with van der Waals surface area (Å²) in [7, 11) is 1.44. The standard InChI is InChI=1S/C15H11F3N2O2/c1-22-10-5-2-4-9(8-10)20-13-11(15(16,17)18)6-3-7-12(13)19-14(20)21/h2-8H,1H3,(H,19,21). The molecule has 7 heteroatoms. The monoisotopic (exact) mass is 308 g/mol. The zero-order valence-electron chi connectivity index (χ0n) is 11.4. The van der Waals surface area contributed by atoms with Crippen molar-refractivity contribution in [1.82, 2.24) is 9.55 Å². The smallest absolute Gasteiger partial charge is 0.418 e. The zero-order chi connectivity index (χ0) is 15.9. The van der Waals surface area contributed by atoms with Crippen LogP contribution in [0.4, 0.5) is 13.2 Å². The molecule has 22 heavy (non-hydrogen) atoms. The fourth-order valence-corrected chi connectivity index (χ4v) is 2.38. The van der Waals surface area contributed by atoms with Crippen LogP contribution in [-0.4, -0.2) is 16.7 Å². The van der Waals surface area contributed by atoms with E-state index in [4.69, 9.17) is 4.74 Å². The molecule has 0 fully saturated rings. The first-order valence-electron chi connectivity index (χ1n) is 6.37. The first-order valence-corrected chi connectivity index (χ1v) is 6.37. The van der Waals surface area contributed by atoms with Crippen molar-refractivity contribution in [2.45, 2.75) is 6.18 Å². The van der Waals surface area contributed by atoms with Crippen molar-refractivity contribution in [3.05, 3.63) is 58.5 Å². The van der Waals surface area contributed by atoms with E-state index < -0.39 is 17.4 Å². The largest absolute Gasteiger partial charge is 0.497 e. The van der Waals surface area contributed by atoms with Gasteiger partial charge in [0.2, 0.25) is 0 Å². The minimum absolute atomic E-state index is 0.127. The third kappa shape index (κ3) is 2.24.